The van der Waals surface area contributed by atoms with Gasteiger partial charge in [0.05, 0.1) is 41.8 Å². The SMILES string of the molecule is Cc1ccc(NC(=O)CN2CCOCC2)cc1Nc1ncc(Cl)c(Nc2ccccc2S(=O)(=O)C(C)C)n1. The number of hydrogen-bond donors (Lipinski definition) is 3. The fourth-order valence-electron chi connectivity index (χ4n) is 3.83. The van der Waals surface area contributed by atoms with E-state index in [-0.39, 0.29) is 27.6 Å². The molecule has 12 heteroatoms. The van der Waals surface area contributed by atoms with Gasteiger partial charge in [0.25, 0.3) is 0 Å². The number of halogens is 1. The quantitative estimate of drug-likeness (QED) is 0.351. The molecule has 1 aromatic heterocycles. The monoisotopic (exact) mass is 558 g/mol. The zero-order valence-electron chi connectivity index (χ0n) is 21.5. The molecule has 0 radical (unpaired) electrons. The molecular weight excluding hydrogens is 528 g/mol. The molecule has 3 N–H and O–H groups in total. The van der Waals surface area contributed by atoms with Crippen LogP contribution in [-0.2, 0) is 19.4 Å². The van der Waals surface area contributed by atoms with Crippen LogP contribution in [0.15, 0.2) is 53.6 Å². The maximum absolute atomic E-state index is 12.8. The number of rotatable bonds is 9. The summed E-state index contributed by atoms with van der Waals surface area (Å²) in [5, 5.41) is 8.79. The van der Waals surface area contributed by atoms with Gasteiger partial charge in [0.1, 0.15) is 5.02 Å². The van der Waals surface area contributed by atoms with E-state index >= 15 is 0 Å². The smallest absolute Gasteiger partial charge is 0.238 e. The van der Waals surface area contributed by atoms with Gasteiger partial charge in [0.15, 0.2) is 15.7 Å². The summed E-state index contributed by atoms with van der Waals surface area (Å²) in [5.41, 5.74) is 2.62. The highest BCUT2D eigenvalue weighted by Crippen LogP contribution is 2.31. The zero-order valence-corrected chi connectivity index (χ0v) is 23.1. The predicted molar refractivity (Wildman–Crippen MR) is 149 cm³/mol. The number of aryl methyl sites for hydroxylation is 1. The van der Waals surface area contributed by atoms with E-state index in [1.165, 1.54) is 6.20 Å². The van der Waals surface area contributed by atoms with Gasteiger partial charge < -0.3 is 20.7 Å². The normalized spacial score (nSPS) is 14.3. The van der Waals surface area contributed by atoms with Gasteiger partial charge in [-0.1, -0.05) is 29.8 Å². The van der Waals surface area contributed by atoms with Crippen LogP contribution in [0, 0.1) is 6.92 Å². The van der Waals surface area contributed by atoms with Gasteiger partial charge in [0.2, 0.25) is 11.9 Å². The largest absolute Gasteiger partial charge is 0.379 e. The Labute approximate surface area is 227 Å². The number of amides is 1. The Morgan fingerprint density at radius 3 is 2.58 bits per heavy atom. The molecule has 2 heterocycles. The minimum atomic E-state index is -3.54. The molecular formula is C26H31ClN6O4S. The summed E-state index contributed by atoms with van der Waals surface area (Å²) in [4.78, 5) is 23.5. The highest BCUT2D eigenvalue weighted by Gasteiger charge is 2.23. The van der Waals surface area contributed by atoms with Crippen molar-refractivity contribution >= 4 is 56.2 Å². The Morgan fingerprint density at radius 1 is 1.11 bits per heavy atom. The number of morpholine rings is 1. The molecule has 1 aliphatic heterocycles. The summed E-state index contributed by atoms with van der Waals surface area (Å²) in [6, 6.07) is 12.1. The minimum Gasteiger partial charge on any atom is -0.379 e. The van der Waals surface area contributed by atoms with Crippen molar-refractivity contribution in [2.45, 2.75) is 30.9 Å². The Kier molecular flexibility index (Phi) is 8.83. The molecule has 3 aromatic rings. The first-order valence-electron chi connectivity index (χ1n) is 12.2. The summed E-state index contributed by atoms with van der Waals surface area (Å²) in [6.45, 7) is 8.19. The second kappa shape index (κ2) is 12.1. The van der Waals surface area contributed by atoms with Crippen molar-refractivity contribution in [3.63, 3.8) is 0 Å². The van der Waals surface area contributed by atoms with Crippen LogP contribution in [0.4, 0.5) is 28.8 Å². The second-order valence-corrected chi connectivity index (χ2v) is 12.1. The number of para-hydroxylation sites is 1. The van der Waals surface area contributed by atoms with Crippen LogP contribution in [0.25, 0.3) is 0 Å². The third kappa shape index (κ3) is 6.79. The molecule has 10 nitrogen and oxygen atoms in total. The van der Waals surface area contributed by atoms with Gasteiger partial charge in [-0.05, 0) is 50.6 Å². The first-order chi connectivity index (χ1) is 18.1. The molecule has 0 unspecified atom stereocenters. The lowest BCUT2D eigenvalue weighted by Gasteiger charge is -2.25. The summed E-state index contributed by atoms with van der Waals surface area (Å²) in [6.07, 6.45) is 1.43. The van der Waals surface area contributed by atoms with Crippen molar-refractivity contribution in [3.05, 3.63) is 59.2 Å². The number of carbonyl (C=O) groups excluding carboxylic acids is 1. The summed E-state index contributed by atoms with van der Waals surface area (Å²) in [5.74, 6) is 0.398. The fourth-order valence-corrected chi connectivity index (χ4v) is 5.17. The van der Waals surface area contributed by atoms with Crippen LogP contribution in [0.2, 0.25) is 5.02 Å². The van der Waals surface area contributed by atoms with Gasteiger partial charge in [-0.2, -0.15) is 4.98 Å². The molecule has 0 bridgehead atoms. The first-order valence-corrected chi connectivity index (χ1v) is 14.2. The van der Waals surface area contributed by atoms with Gasteiger partial charge in [-0.15, -0.1) is 0 Å². The standard InChI is InChI=1S/C26H31ClN6O4S/c1-17(2)38(35,36)23-7-5-4-6-21(23)30-25-20(27)15-28-26(32-25)31-22-14-19(9-8-18(22)3)29-24(34)16-33-10-12-37-13-11-33/h4-9,14-15,17H,10-13,16H2,1-3H3,(H,29,34)(H2,28,30,31,32). The number of nitrogens with zero attached hydrogens (tertiary/aromatic N) is 3. The number of nitrogens with one attached hydrogen (secondary N) is 3. The molecule has 38 heavy (non-hydrogen) atoms. The highest BCUT2D eigenvalue weighted by molar-refractivity contribution is 7.92. The molecule has 1 amide bonds. The predicted octanol–water partition coefficient (Wildman–Crippen LogP) is 4.38. The third-order valence-corrected chi connectivity index (χ3v) is 8.54. The van der Waals surface area contributed by atoms with E-state index in [9.17, 15) is 13.2 Å². The van der Waals surface area contributed by atoms with E-state index in [1.54, 1.807) is 38.1 Å². The van der Waals surface area contributed by atoms with Crippen LogP contribution >= 0.6 is 11.6 Å². The van der Waals surface area contributed by atoms with Crippen LogP contribution in [0.3, 0.4) is 0 Å². The zero-order chi connectivity index (χ0) is 27.3. The minimum absolute atomic E-state index is 0.106. The van der Waals surface area contributed by atoms with Crippen molar-refractivity contribution in [3.8, 4) is 0 Å². The molecule has 0 spiro atoms. The molecule has 1 fully saturated rings. The van der Waals surface area contributed by atoms with Crippen molar-refractivity contribution < 1.29 is 17.9 Å². The fraction of sp³-hybridized carbons (Fsp3) is 0.346. The van der Waals surface area contributed by atoms with Gasteiger partial charge >= 0.3 is 0 Å². The topological polar surface area (TPSA) is 126 Å². The number of hydrogen-bond acceptors (Lipinski definition) is 9. The number of aromatic nitrogens is 2. The molecule has 2 aromatic carbocycles. The summed E-state index contributed by atoms with van der Waals surface area (Å²) < 4.78 is 31.0. The Hall–Kier alpha value is -3.25. The van der Waals surface area contributed by atoms with Gasteiger partial charge in [-0.25, -0.2) is 13.4 Å². The van der Waals surface area contributed by atoms with Crippen molar-refractivity contribution in [2.24, 2.45) is 0 Å². The van der Waals surface area contributed by atoms with E-state index in [1.807, 2.05) is 30.0 Å². The van der Waals surface area contributed by atoms with Crippen LogP contribution in [-0.4, -0.2) is 67.3 Å². The second-order valence-electron chi connectivity index (χ2n) is 9.20. The number of anilines is 5. The van der Waals surface area contributed by atoms with E-state index in [4.69, 9.17) is 16.3 Å². The van der Waals surface area contributed by atoms with Gasteiger partial charge in [-0.3, -0.25) is 9.69 Å². The molecule has 0 aliphatic carbocycles. The van der Waals surface area contributed by atoms with Crippen LogP contribution in [0.5, 0.6) is 0 Å². The number of carbonyl (C=O) groups is 1. The number of sulfone groups is 1. The molecule has 1 aliphatic rings. The van der Waals surface area contributed by atoms with Crippen molar-refractivity contribution in [2.75, 3.05) is 48.8 Å². The summed E-state index contributed by atoms with van der Waals surface area (Å²) >= 11 is 6.35. The average molecular weight is 559 g/mol. The van der Waals surface area contributed by atoms with Crippen molar-refractivity contribution in [1.82, 2.24) is 14.9 Å². The molecule has 4 rings (SSSR count). The molecule has 1 saturated heterocycles. The molecule has 0 atom stereocenters. The van der Waals surface area contributed by atoms with E-state index in [0.29, 0.717) is 36.8 Å². The Balaban J connectivity index is 1.51. The lowest BCUT2D eigenvalue weighted by atomic mass is 10.2. The maximum atomic E-state index is 12.8. The number of benzene rings is 2. The van der Waals surface area contributed by atoms with Gasteiger partial charge in [0, 0.05) is 24.5 Å². The first kappa shape index (κ1) is 27.8. The third-order valence-electron chi connectivity index (χ3n) is 6.05. The summed E-state index contributed by atoms with van der Waals surface area (Å²) in [7, 11) is -3.54. The van der Waals surface area contributed by atoms with Crippen molar-refractivity contribution in [1.29, 1.82) is 0 Å². The maximum Gasteiger partial charge on any atom is 0.238 e. The van der Waals surface area contributed by atoms with Crippen LogP contribution in [0.1, 0.15) is 19.4 Å². The van der Waals surface area contributed by atoms with E-state index in [2.05, 4.69) is 25.9 Å². The lowest BCUT2D eigenvalue weighted by molar-refractivity contribution is -0.118. The Morgan fingerprint density at radius 2 is 1.84 bits per heavy atom. The molecule has 202 valence electrons. The lowest BCUT2D eigenvalue weighted by Crippen LogP contribution is -2.41. The number of ether oxygens (including phenoxy) is 1. The van der Waals surface area contributed by atoms with E-state index in [0.717, 1.165) is 18.7 Å². The molecule has 0 saturated carbocycles. The Bertz CT molecular complexity index is 1410. The average Bonchev–Trinajstić information content (AvgIpc) is 2.88. The van der Waals surface area contributed by atoms with Crippen LogP contribution < -0.4 is 16.0 Å². The van der Waals surface area contributed by atoms with E-state index < -0.39 is 15.1 Å². The highest BCUT2D eigenvalue weighted by atomic mass is 35.5.